The van der Waals surface area contributed by atoms with Crippen molar-refractivity contribution in [1.29, 1.82) is 0 Å². The van der Waals surface area contributed by atoms with Gasteiger partial charge in [0, 0.05) is 43.4 Å². The minimum absolute atomic E-state index is 0.177. The molecule has 0 radical (unpaired) electrons. The predicted octanol–water partition coefficient (Wildman–Crippen LogP) is 1.81. The van der Waals surface area contributed by atoms with Crippen molar-refractivity contribution in [2.45, 2.75) is 24.7 Å². The normalized spacial score (nSPS) is 22.0. The molecule has 0 aliphatic carbocycles. The molecule has 4 aromatic rings. The largest absolute Gasteiger partial charge is 0.479 e. The number of aromatic nitrogens is 6. The van der Waals surface area contributed by atoms with Crippen LogP contribution >= 0.6 is 0 Å². The molecule has 0 spiro atoms. The maximum atomic E-state index is 15.0. The maximum absolute atomic E-state index is 15.0. The summed E-state index contributed by atoms with van der Waals surface area (Å²) in [7, 11) is 1.45. The summed E-state index contributed by atoms with van der Waals surface area (Å²) in [5.74, 6) is 0.364. The first-order valence-electron chi connectivity index (χ1n) is 10.7. The number of hydrogen-bond donors (Lipinski definition) is 1. The predicted molar refractivity (Wildman–Crippen MR) is 115 cm³/mol. The Morgan fingerprint density at radius 2 is 2.12 bits per heavy atom. The highest BCUT2D eigenvalue weighted by Crippen LogP contribution is 2.34. The van der Waals surface area contributed by atoms with Crippen molar-refractivity contribution >= 4 is 17.2 Å². The van der Waals surface area contributed by atoms with Crippen LogP contribution in [0.3, 0.4) is 0 Å². The minimum atomic E-state index is -1.09. The number of piperidine rings is 1. The molecule has 172 valence electrons. The SMILES string of the molecule is COc1nc(N[C@@H]2CCN(C3COC3)C[C@@H]2F)nn2cc(F)c(-c3cnc4nccn4c3)c12. The van der Waals surface area contributed by atoms with Gasteiger partial charge in [0.05, 0.1) is 44.2 Å². The van der Waals surface area contributed by atoms with E-state index in [9.17, 15) is 4.39 Å². The molecule has 0 unspecified atom stereocenters. The summed E-state index contributed by atoms with van der Waals surface area (Å²) in [4.78, 5) is 14.9. The van der Waals surface area contributed by atoms with Gasteiger partial charge in [-0.3, -0.25) is 9.30 Å². The van der Waals surface area contributed by atoms with E-state index >= 15 is 4.39 Å². The van der Waals surface area contributed by atoms with Crippen LogP contribution in [-0.2, 0) is 4.74 Å². The Hall–Kier alpha value is -3.38. The summed E-state index contributed by atoms with van der Waals surface area (Å²) in [6.45, 7) is 2.41. The van der Waals surface area contributed by atoms with Gasteiger partial charge in [0.2, 0.25) is 17.6 Å². The smallest absolute Gasteiger partial charge is 0.244 e. The first-order chi connectivity index (χ1) is 16.1. The van der Waals surface area contributed by atoms with E-state index in [1.165, 1.54) is 17.8 Å². The lowest BCUT2D eigenvalue weighted by atomic mass is 10.0. The van der Waals surface area contributed by atoms with E-state index < -0.39 is 18.0 Å². The van der Waals surface area contributed by atoms with Gasteiger partial charge in [0.15, 0.2) is 5.82 Å². The highest BCUT2D eigenvalue weighted by atomic mass is 19.1. The molecule has 1 N–H and O–H groups in total. The van der Waals surface area contributed by atoms with Gasteiger partial charge in [-0.25, -0.2) is 23.3 Å². The fraction of sp³-hybridized carbons (Fsp3) is 0.429. The highest BCUT2D eigenvalue weighted by molar-refractivity contribution is 5.84. The van der Waals surface area contributed by atoms with Crippen LogP contribution in [0.25, 0.3) is 22.4 Å². The number of methoxy groups -OCH3 is 1. The van der Waals surface area contributed by atoms with Gasteiger partial charge < -0.3 is 14.8 Å². The number of imidazole rings is 1. The van der Waals surface area contributed by atoms with E-state index in [0.717, 1.165) is 6.54 Å². The second kappa shape index (κ2) is 7.89. The molecule has 2 aliphatic rings. The van der Waals surface area contributed by atoms with Gasteiger partial charge >= 0.3 is 0 Å². The highest BCUT2D eigenvalue weighted by Gasteiger charge is 2.35. The third-order valence-electron chi connectivity index (χ3n) is 6.30. The number of ether oxygens (including phenoxy) is 2. The number of nitrogens with one attached hydrogen (secondary N) is 1. The first kappa shape index (κ1) is 20.2. The van der Waals surface area contributed by atoms with Gasteiger partial charge in [-0.15, -0.1) is 5.10 Å². The van der Waals surface area contributed by atoms with Gasteiger partial charge in [-0.2, -0.15) is 4.98 Å². The molecule has 0 bridgehead atoms. The molecular weight excluding hydrogens is 434 g/mol. The number of halogens is 2. The van der Waals surface area contributed by atoms with E-state index in [1.807, 2.05) is 0 Å². The number of hydrogen-bond acceptors (Lipinski definition) is 8. The summed E-state index contributed by atoms with van der Waals surface area (Å²) in [6.07, 6.45) is 7.39. The number of likely N-dealkylation sites (tertiary alicyclic amines) is 1. The Morgan fingerprint density at radius 3 is 2.88 bits per heavy atom. The molecule has 33 heavy (non-hydrogen) atoms. The van der Waals surface area contributed by atoms with Crippen LogP contribution in [0.4, 0.5) is 14.7 Å². The quantitative estimate of drug-likeness (QED) is 0.486. The topological polar surface area (TPSA) is 94.1 Å². The Bertz CT molecular complexity index is 1320. The Kier molecular flexibility index (Phi) is 4.84. The van der Waals surface area contributed by atoms with E-state index in [4.69, 9.17) is 9.47 Å². The summed E-state index contributed by atoms with van der Waals surface area (Å²) >= 11 is 0. The van der Waals surface area contributed by atoms with E-state index in [1.54, 1.807) is 29.2 Å². The second-order valence-corrected chi connectivity index (χ2v) is 8.31. The molecule has 2 fully saturated rings. The molecule has 0 aromatic carbocycles. The first-order valence-corrected chi connectivity index (χ1v) is 10.7. The van der Waals surface area contributed by atoms with Crippen molar-refractivity contribution in [2.24, 2.45) is 0 Å². The van der Waals surface area contributed by atoms with Crippen LogP contribution in [0.1, 0.15) is 6.42 Å². The number of anilines is 1. The standard InChI is InChI=1S/C21H22F2N8O2/c1-32-19-18-17(12-6-25-21-24-3-5-30(21)7-12)15(23)9-31(18)28-20(27-19)26-16-2-4-29(8-14(16)22)13-10-33-11-13/h3,5-7,9,13-14,16H,2,4,8,10-11H2,1H3,(H,26,28)/t14-,16+/m0/s1. The third-order valence-corrected chi connectivity index (χ3v) is 6.30. The summed E-state index contributed by atoms with van der Waals surface area (Å²) in [6, 6.07) is -0.147. The molecular formula is C21H22F2N8O2. The monoisotopic (exact) mass is 456 g/mol. The third kappa shape index (κ3) is 3.45. The Morgan fingerprint density at radius 1 is 1.24 bits per heavy atom. The molecule has 12 heteroatoms. The fourth-order valence-electron chi connectivity index (χ4n) is 4.47. The number of fused-ring (bicyclic) bond motifs is 2. The molecule has 0 amide bonds. The Labute approximate surface area is 187 Å². The zero-order valence-corrected chi connectivity index (χ0v) is 17.9. The molecule has 2 aliphatic heterocycles. The summed E-state index contributed by atoms with van der Waals surface area (Å²) in [5, 5.41) is 7.47. The average molecular weight is 456 g/mol. The molecule has 10 nitrogen and oxygen atoms in total. The lowest BCUT2D eigenvalue weighted by Gasteiger charge is -2.42. The van der Waals surface area contributed by atoms with Crippen molar-refractivity contribution in [3.05, 3.63) is 36.8 Å². The molecule has 0 saturated carbocycles. The van der Waals surface area contributed by atoms with Crippen molar-refractivity contribution in [2.75, 3.05) is 38.7 Å². The second-order valence-electron chi connectivity index (χ2n) is 8.31. The van der Waals surface area contributed by atoms with E-state index in [0.29, 0.717) is 49.1 Å². The van der Waals surface area contributed by atoms with Crippen molar-refractivity contribution in [3.63, 3.8) is 0 Å². The Balaban J connectivity index is 1.31. The van der Waals surface area contributed by atoms with Crippen LogP contribution < -0.4 is 10.1 Å². The molecule has 4 aromatic heterocycles. The van der Waals surface area contributed by atoms with Crippen molar-refractivity contribution in [1.82, 2.24) is 33.9 Å². The van der Waals surface area contributed by atoms with Gasteiger partial charge in [0.25, 0.3) is 0 Å². The molecule has 6 rings (SSSR count). The van der Waals surface area contributed by atoms with Crippen LogP contribution in [0.5, 0.6) is 5.88 Å². The number of alkyl halides is 1. The molecule has 6 heterocycles. The van der Waals surface area contributed by atoms with Crippen molar-refractivity contribution in [3.8, 4) is 17.0 Å². The van der Waals surface area contributed by atoms with E-state index in [-0.39, 0.29) is 17.4 Å². The van der Waals surface area contributed by atoms with Gasteiger partial charge in [0.1, 0.15) is 11.7 Å². The fourth-order valence-corrected chi connectivity index (χ4v) is 4.47. The molecule has 2 atom stereocenters. The van der Waals surface area contributed by atoms with Crippen LogP contribution in [-0.4, -0.2) is 85.5 Å². The van der Waals surface area contributed by atoms with Crippen LogP contribution in [0, 0.1) is 5.82 Å². The number of nitrogens with zero attached hydrogens (tertiary/aromatic N) is 7. The minimum Gasteiger partial charge on any atom is -0.479 e. The van der Waals surface area contributed by atoms with E-state index in [2.05, 4.69) is 30.3 Å². The maximum Gasteiger partial charge on any atom is 0.244 e. The number of rotatable bonds is 5. The lowest BCUT2D eigenvalue weighted by molar-refractivity contribution is -0.0794. The lowest BCUT2D eigenvalue weighted by Crippen LogP contribution is -2.57. The average Bonchev–Trinajstić information content (AvgIpc) is 3.36. The van der Waals surface area contributed by atoms with Crippen LogP contribution in [0.2, 0.25) is 0 Å². The zero-order valence-electron chi connectivity index (χ0n) is 17.9. The van der Waals surface area contributed by atoms with Crippen molar-refractivity contribution < 1.29 is 18.3 Å². The summed E-state index contributed by atoms with van der Waals surface area (Å²) < 4.78 is 43.7. The molecule has 2 saturated heterocycles. The van der Waals surface area contributed by atoms with Crippen LogP contribution in [0.15, 0.2) is 31.0 Å². The zero-order chi connectivity index (χ0) is 22.5. The van der Waals surface area contributed by atoms with Gasteiger partial charge in [-0.1, -0.05) is 0 Å². The van der Waals surface area contributed by atoms with Gasteiger partial charge in [-0.05, 0) is 6.42 Å². The summed E-state index contributed by atoms with van der Waals surface area (Å²) in [5.41, 5.74) is 1.15.